The summed E-state index contributed by atoms with van der Waals surface area (Å²) in [5.74, 6) is 1.57. The Bertz CT molecular complexity index is 555. The van der Waals surface area contributed by atoms with Gasteiger partial charge in [-0.2, -0.15) is 0 Å². The van der Waals surface area contributed by atoms with E-state index in [0.29, 0.717) is 13.2 Å². The third-order valence-corrected chi connectivity index (χ3v) is 3.66. The number of hydrogen-bond donors (Lipinski definition) is 0. The lowest BCUT2D eigenvalue weighted by Gasteiger charge is -2.15. The van der Waals surface area contributed by atoms with Crippen LogP contribution in [0.1, 0.15) is 18.1 Å². The van der Waals surface area contributed by atoms with Crippen LogP contribution in [0.25, 0.3) is 0 Å². The van der Waals surface area contributed by atoms with Crippen LogP contribution in [0.15, 0.2) is 42.5 Å². The fourth-order valence-corrected chi connectivity index (χ4v) is 2.40. The van der Waals surface area contributed by atoms with Gasteiger partial charge in [-0.1, -0.05) is 51.8 Å². The number of benzene rings is 2. The lowest BCUT2D eigenvalue weighted by atomic mass is 10.2. The minimum absolute atomic E-state index is 0.487. The summed E-state index contributed by atoms with van der Waals surface area (Å²) in [5, 5.41) is 1.45. The number of alkyl halides is 1. The molecule has 0 aromatic heterocycles. The molecule has 0 fully saturated rings. The molecule has 0 bridgehead atoms. The van der Waals surface area contributed by atoms with Gasteiger partial charge in [-0.15, -0.1) is 0 Å². The van der Waals surface area contributed by atoms with Gasteiger partial charge >= 0.3 is 0 Å². The first kappa shape index (κ1) is 15.2. The van der Waals surface area contributed by atoms with Crippen LogP contribution in [0.3, 0.4) is 0 Å². The van der Waals surface area contributed by atoms with E-state index in [4.69, 9.17) is 21.1 Å². The van der Waals surface area contributed by atoms with Crippen LogP contribution >= 0.6 is 27.5 Å². The first-order chi connectivity index (χ1) is 9.74. The van der Waals surface area contributed by atoms with Crippen LogP contribution in [0, 0.1) is 0 Å². The van der Waals surface area contributed by atoms with Gasteiger partial charge in [-0.05, 0) is 30.7 Å². The summed E-state index contributed by atoms with van der Waals surface area (Å²) in [6.45, 7) is 3.06. The summed E-state index contributed by atoms with van der Waals surface area (Å²) in [6.07, 6.45) is 0. The molecule has 20 heavy (non-hydrogen) atoms. The van der Waals surface area contributed by atoms with E-state index in [1.165, 1.54) is 0 Å². The molecule has 2 rings (SSSR count). The van der Waals surface area contributed by atoms with Crippen LogP contribution < -0.4 is 9.47 Å². The Labute approximate surface area is 132 Å². The summed E-state index contributed by atoms with van der Waals surface area (Å²) in [5.41, 5.74) is 2.14. The van der Waals surface area contributed by atoms with Crippen molar-refractivity contribution in [3.05, 3.63) is 58.6 Å². The maximum Gasteiger partial charge on any atom is 0.165 e. The van der Waals surface area contributed by atoms with E-state index in [0.717, 1.165) is 33.0 Å². The van der Waals surface area contributed by atoms with E-state index in [1.807, 2.05) is 49.4 Å². The number of halogens is 2. The van der Waals surface area contributed by atoms with Crippen molar-refractivity contribution in [2.75, 3.05) is 6.61 Å². The van der Waals surface area contributed by atoms with Crippen molar-refractivity contribution in [2.24, 2.45) is 0 Å². The third kappa shape index (κ3) is 3.90. The summed E-state index contributed by atoms with van der Waals surface area (Å²) >= 11 is 9.35. The molecular weight excluding hydrogens is 340 g/mol. The predicted molar refractivity (Wildman–Crippen MR) is 86.0 cm³/mol. The van der Waals surface area contributed by atoms with E-state index in [1.54, 1.807) is 0 Å². The molecule has 0 aliphatic heterocycles. The summed E-state index contributed by atoms with van der Waals surface area (Å²) in [6, 6.07) is 13.6. The van der Waals surface area contributed by atoms with Crippen LogP contribution in [-0.4, -0.2) is 6.61 Å². The second kappa shape index (κ2) is 7.55. The zero-order valence-corrected chi connectivity index (χ0v) is 13.6. The van der Waals surface area contributed by atoms with Crippen molar-refractivity contribution in [3.8, 4) is 11.5 Å². The van der Waals surface area contributed by atoms with Gasteiger partial charge in [0.2, 0.25) is 0 Å². The molecule has 2 aromatic rings. The molecule has 4 heteroatoms. The Kier molecular flexibility index (Phi) is 5.74. The Balaban J connectivity index is 2.16. The quantitative estimate of drug-likeness (QED) is 0.662. The monoisotopic (exact) mass is 354 g/mol. The Hall–Kier alpha value is -1.19. The SMILES string of the molecule is CCOc1cccc(CBr)c1OCc1ccc(Cl)cc1. The number of hydrogen-bond acceptors (Lipinski definition) is 2. The zero-order chi connectivity index (χ0) is 14.4. The first-order valence-corrected chi connectivity index (χ1v) is 7.92. The second-order valence-corrected chi connectivity index (χ2v) is 5.22. The summed E-state index contributed by atoms with van der Waals surface area (Å²) in [4.78, 5) is 0. The van der Waals surface area contributed by atoms with Gasteiger partial charge in [0.1, 0.15) is 6.61 Å². The topological polar surface area (TPSA) is 18.5 Å². The Morgan fingerprint density at radius 2 is 1.80 bits per heavy atom. The fraction of sp³-hybridized carbons (Fsp3) is 0.250. The molecular formula is C16H16BrClO2. The first-order valence-electron chi connectivity index (χ1n) is 6.42. The summed E-state index contributed by atoms with van der Waals surface area (Å²) < 4.78 is 11.6. The van der Waals surface area contributed by atoms with Crippen LogP contribution in [0.5, 0.6) is 11.5 Å². The van der Waals surface area contributed by atoms with Gasteiger partial charge < -0.3 is 9.47 Å². The molecule has 0 spiro atoms. The second-order valence-electron chi connectivity index (χ2n) is 4.23. The highest BCUT2D eigenvalue weighted by Gasteiger charge is 2.10. The van der Waals surface area contributed by atoms with Crippen molar-refractivity contribution < 1.29 is 9.47 Å². The van der Waals surface area contributed by atoms with Crippen molar-refractivity contribution in [1.82, 2.24) is 0 Å². The molecule has 2 aromatic carbocycles. The highest BCUT2D eigenvalue weighted by molar-refractivity contribution is 9.08. The smallest absolute Gasteiger partial charge is 0.165 e. The predicted octanol–water partition coefficient (Wildman–Crippen LogP) is 5.21. The average molecular weight is 356 g/mol. The minimum atomic E-state index is 0.487. The minimum Gasteiger partial charge on any atom is -0.490 e. The lowest BCUT2D eigenvalue weighted by Crippen LogP contribution is -2.02. The average Bonchev–Trinajstić information content (AvgIpc) is 2.47. The van der Waals surface area contributed by atoms with E-state index in [-0.39, 0.29) is 0 Å². The van der Waals surface area contributed by atoms with Crippen LogP contribution in [0.4, 0.5) is 0 Å². The zero-order valence-electron chi connectivity index (χ0n) is 11.2. The molecule has 0 radical (unpaired) electrons. The van der Waals surface area contributed by atoms with Gasteiger partial charge in [0.25, 0.3) is 0 Å². The lowest BCUT2D eigenvalue weighted by molar-refractivity contribution is 0.267. The maximum atomic E-state index is 5.94. The highest BCUT2D eigenvalue weighted by atomic mass is 79.9. The standard InChI is InChI=1S/C16H16BrClO2/c1-2-19-15-5-3-4-13(10-17)16(15)20-11-12-6-8-14(18)9-7-12/h3-9H,2,10-11H2,1H3. The molecule has 0 N–H and O–H groups in total. The molecule has 0 aliphatic rings. The van der Waals surface area contributed by atoms with E-state index >= 15 is 0 Å². The van der Waals surface area contributed by atoms with Gasteiger partial charge in [0.05, 0.1) is 6.61 Å². The maximum absolute atomic E-state index is 5.94. The van der Waals surface area contributed by atoms with Gasteiger partial charge in [0.15, 0.2) is 11.5 Å². The molecule has 0 amide bonds. The number of ether oxygens (including phenoxy) is 2. The van der Waals surface area contributed by atoms with Crippen LogP contribution in [0.2, 0.25) is 5.02 Å². The molecule has 0 saturated heterocycles. The fourth-order valence-electron chi connectivity index (χ4n) is 1.84. The summed E-state index contributed by atoms with van der Waals surface area (Å²) in [7, 11) is 0. The number of rotatable bonds is 6. The van der Waals surface area contributed by atoms with Crippen LogP contribution in [-0.2, 0) is 11.9 Å². The van der Waals surface area contributed by atoms with Crippen molar-refractivity contribution >= 4 is 27.5 Å². The molecule has 0 heterocycles. The molecule has 106 valence electrons. The highest BCUT2D eigenvalue weighted by Crippen LogP contribution is 2.33. The van der Waals surface area contributed by atoms with E-state index in [2.05, 4.69) is 15.9 Å². The van der Waals surface area contributed by atoms with E-state index < -0.39 is 0 Å². The third-order valence-electron chi connectivity index (χ3n) is 2.80. The van der Waals surface area contributed by atoms with Crippen molar-refractivity contribution in [2.45, 2.75) is 18.9 Å². The number of para-hydroxylation sites is 1. The molecule has 0 saturated carbocycles. The van der Waals surface area contributed by atoms with Gasteiger partial charge in [0, 0.05) is 15.9 Å². The van der Waals surface area contributed by atoms with Gasteiger partial charge in [-0.25, -0.2) is 0 Å². The van der Waals surface area contributed by atoms with E-state index in [9.17, 15) is 0 Å². The van der Waals surface area contributed by atoms with Gasteiger partial charge in [-0.3, -0.25) is 0 Å². The molecule has 2 nitrogen and oxygen atoms in total. The molecule has 0 unspecified atom stereocenters. The molecule has 0 aliphatic carbocycles. The van der Waals surface area contributed by atoms with Crippen molar-refractivity contribution in [3.63, 3.8) is 0 Å². The van der Waals surface area contributed by atoms with Crippen molar-refractivity contribution in [1.29, 1.82) is 0 Å². The molecule has 0 atom stereocenters. The Morgan fingerprint density at radius 1 is 1.05 bits per heavy atom. The Morgan fingerprint density at radius 3 is 2.45 bits per heavy atom. The normalized spacial score (nSPS) is 10.3. The largest absolute Gasteiger partial charge is 0.490 e.